The molecule has 1 aliphatic carbocycles. The molecule has 2 aliphatic rings. The average molecular weight is 197 g/mol. The Morgan fingerprint density at radius 3 is 2.57 bits per heavy atom. The van der Waals surface area contributed by atoms with Crippen molar-refractivity contribution in [2.45, 2.75) is 57.0 Å². The highest BCUT2D eigenvalue weighted by molar-refractivity contribution is 5.67. The minimum Gasteiger partial charge on any atom is -0.481 e. The van der Waals surface area contributed by atoms with Crippen molar-refractivity contribution in [1.82, 2.24) is 4.90 Å². The first-order chi connectivity index (χ1) is 6.77. The number of piperidine rings is 1. The predicted octanol–water partition coefficient (Wildman–Crippen LogP) is 1.87. The second-order valence-electron chi connectivity index (χ2n) is 4.57. The first-order valence-corrected chi connectivity index (χ1v) is 5.75. The molecule has 0 bridgehead atoms. The molecule has 0 aromatic carbocycles. The van der Waals surface area contributed by atoms with E-state index >= 15 is 0 Å². The van der Waals surface area contributed by atoms with Crippen molar-refractivity contribution in [2.24, 2.45) is 0 Å². The van der Waals surface area contributed by atoms with Crippen molar-refractivity contribution in [1.29, 1.82) is 0 Å². The van der Waals surface area contributed by atoms with Gasteiger partial charge in [0.05, 0.1) is 6.42 Å². The molecule has 14 heavy (non-hydrogen) atoms. The van der Waals surface area contributed by atoms with E-state index in [-0.39, 0.29) is 0 Å². The number of carbonyl (C=O) groups is 1. The van der Waals surface area contributed by atoms with Crippen LogP contribution in [0.2, 0.25) is 0 Å². The van der Waals surface area contributed by atoms with Crippen molar-refractivity contribution in [3.05, 3.63) is 0 Å². The van der Waals surface area contributed by atoms with Crippen LogP contribution in [0.4, 0.5) is 0 Å². The third kappa shape index (κ3) is 2.08. The third-order valence-corrected chi connectivity index (χ3v) is 3.63. The topological polar surface area (TPSA) is 40.5 Å². The Hall–Kier alpha value is -0.570. The molecule has 1 saturated carbocycles. The van der Waals surface area contributed by atoms with Gasteiger partial charge in [0.2, 0.25) is 0 Å². The summed E-state index contributed by atoms with van der Waals surface area (Å²) in [5.74, 6) is -0.638. The molecule has 1 heterocycles. The van der Waals surface area contributed by atoms with Crippen LogP contribution in [0.5, 0.6) is 0 Å². The second-order valence-corrected chi connectivity index (χ2v) is 4.57. The maximum Gasteiger partial charge on any atom is 0.304 e. The van der Waals surface area contributed by atoms with Crippen LogP contribution in [0, 0.1) is 0 Å². The highest BCUT2D eigenvalue weighted by Gasteiger charge is 2.32. The fourth-order valence-electron chi connectivity index (χ4n) is 2.64. The van der Waals surface area contributed by atoms with Crippen LogP contribution in [0.1, 0.15) is 44.9 Å². The molecule has 2 rings (SSSR count). The Morgan fingerprint density at radius 1 is 1.21 bits per heavy atom. The van der Waals surface area contributed by atoms with E-state index in [9.17, 15) is 4.79 Å². The highest BCUT2D eigenvalue weighted by atomic mass is 16.4. The largest absolute Gasteiger partial charge is 0.481 e. The van der Waals surface area contributed by atoms with Gasteiger partial charge >= 0.3 is 5.97 Å². The molecule has 0 amide bonds. The fourth-order valence-corrected chi connectivity index (χ4v) is 2.64. The monoisotopic (exact) mass is 197 g/mol. The summed E-state index contributed by atoms with van der Waals surface area (Å²) in [5.41, 5.74) is 0. The lowest BCUT2D eigenvalue weighted by molar-refractivity contribution is -0.139. The Kier molecular flexibility index (Phi) is 3.06. The molecule has 3 nitrogen and oxygen atoms in total. The number of hydrogen-bond donors (Lipinski definition) is 1. The summed E-state index contributed by atoms with van der Waals surface area (Å²) in [6.07, 6.45) is 7.81. The molecule has 0 aromatic rings. The van der Waals surface area contributed by atoms with Crippen molar-refractivity contribution >= 4 is 5.97 Å². The van der Waals surface area contributed by atoms with Gasteiger partial charge in [-0.15, -0.1) is 0 Å². The molecule has 1 saturated heterocycles. The third-order valence-electron chi connectivity index (χ3n) is 3.63. The van der Waals surface area contributed by atoms with E-state index in [0.717, 1.165) is 13.0 Å². The Bertz CT molecular complexity index is 213. The molecule has 1 unspecified atom stereocenters. The number of aliphatic carboxylic acids is 1. The number of hydrogen-bond acceptors (Lipinski definition) is 2. The molecule has 1 N–H and O–H groups in total. The van der Waals surface area contributed by atoms with E-state index in [2.05, 4.69) is 4.90 Å². The lowest BCUT2D eigenvalue weighted by atomic mass is 9.87. The minimum atomic E-state index is -0.638. The molecular weight excluding hydrogens is 178 g/mol. The fraction of sp³-hybridized carbons (Fsp3) is 0.909. The van der Waals surface area contributed by atoms with Gasteiger partial charge in [-0.2, -0.15) is 0 Å². The Labute approximate surface area is 85.1 Å². The maximum absolute atomic E-state index is 10.7. The number of carboxylic acid groups (broad SMARTS) is 1. The average Bonchev–Trinajstić information content (AvgIpc) is 2.04. The molecule has 0 aromatic heterocycles. The lowest BCUT2D eigenvalue weighted by Gasteiger charge is -2.44. The van der Waals surface area contributed by atoms with Gasteiger partial charge in [0.15, 0.2) is 0 Å². The molecule has 2 fully saturated rings. The quantitative estimate of drug-likeness (QED) is 0.750. The zero-order chi connectivity index (χ0) is 9.97. The molecule has 0 spiro atoms. The SMILES string of the molecule is O=C(O)CC1CCCCN1C1CCC1. The first kappa shape index (κ1) is 9.97. The molecule has 0 radical (unpaired) electrons. The number of rotatable bonds is 3. The van der Waals surface area contributed by atoms with Crippen molar-refractivity contribution in [2.75, 3.05) is 6.54 Å². The van der Waals surface area contributed by atoms with Gasteiger partial charge in [-0.25, -0.2) is 0 Å². The van der Waals surface area contributed by atoms with E-state index in [1.54, 1.807) is 0 Å². The van der Waals surface area contributed by atoms with Crippen LogP contribution in [-0.2, 0) is 4.79 Å². The minimum absolute atomic E-state index is 0.326. The first-order valence-electron chi connectivity index (χ1n) is 5.75. The molecule has 1 atom stereocenters. The van der Waals surface area contributed by atoms with Crippen LogP contribution in [0.3, 0.4) is 0 Å². The molecule has 3 heteroatoms. The van der Waals surface area contributed by atoms with Gasteiger partial charge in [-0.05, 0) is 32.2 Å². The normalized spacial score (nSPS) is 29.9. The van der Waals surface area contributed by atoms with E-state index < -0.39 is 5.97 Å². The highest BCUT2D eigenvalue weighted by Crippen LogP contribution is 2.31. The summed E-state index contributed by atoms with van der Waals surface area (Å²) in [5, 5.41) is 8.83. The van der Waals surface area contributed by atoms with Gasteiger partial charge in [-0.3, -0.25) is 9.69 Å². The van der Waals surface area contributed by atoms with E-state index in [1.807, 2.05) is 0 Å². The molecule has 80 valence electrons. The van der Waals surface area contributed by atoms with Crippen molar-refractivity contribution < 1.29 is 9.90 Å². The van der Waals surface area contributed by atoms with Crippen LogP contribution >= 0.6 is 0 Å². The van der Waals surface area contributed by atoms with Gasteiger partial charge in [-0.1, -0.05) is 12.8 Å². The van der Waals surface area contributed by atoms with Gasteiger partial charge < -0.3 is 5.11 Å². The van der Waals surface area contributed by atoms with Crippen molar-refractivity contribution in [3.8, 4) is 0 Å². The Balaban J connectivity index is 1.92. The van der Waals surface area contributed by atoms with Crippen LogP contribution in [-0.4, -0.2) is 34.6 Å². The summed E-state index contributed by atoms with van der Waals surface area (Å²) >= 11 is 0. The number of nitrogens with zero attached hydrogens (tertiary/aromatic N) is 1. The van der Waals surface area contributed by atoms with E-state index in [1.165, 1.54) is 32.1 Å². The second kappa shape index (κ2) is 4.30. The van der Waals surface area contributed by atoms with Gasteiger partial charge in [0.1, 0.15) is 0 Å². The van der Waals surface area contributed by atoms with Gasteiger partial charge in [0, 0.05) is 12.1 Å². The van der Waals surface area contributed by atoms with Crippen LogP contribution in [0.15, 0.2) is 0 Å². The zero-order valence-corrected chi connectivity index (χ0v) is 8.61. The number of likely N-dealkylation sites (tertiary alicyclic amines) is 1. The summed E-state index contributed by atoms with van der Waals surface area (Å²) < 4.78 is 0. The molecular formula is C11H19NO2. The van der Waals surface area contributed by atoms with E-state index in [0.29, 0.717) is 18.5 Å². The molecule has 1 aliphatic heterocycles. The zero-order valence-electron chi connectivity index (χ0n) is 8.61. The van der Waals surface area contributed by atoms with Crippen molar-refractivity contribution in [3.63, 3.8) is 0 Å². The van der Waals surface area contributed by atoms with Crippen LogP contribution < -0.4 is 0 Å². The maximum atomic E-state index is 10.7. The summed E-state index contributed by atoms with van der Waals surface area (Å²) in [6, 6.07) is 1.03. The van der Waals surface area contributed by atoms with Crippen LogP contribution in [0.25, 0.3) is 0 Å². The lowest BCUT2D eigenvalue weighted by Crippen LogP contribution is -2.49. The standard InChI is InChI=1S/C11H19NO2/c13-11(14)8-10-4-1-2-7-12(10)9-5-3-6-9/h9-10H,1-8H2,(H,13,14). The summed E-state index contributed by atoms with van der Waals surface area (Å²) in [4.78, 5) is 13.2. The Morgan fingerprint density at radius 2 is 2.00 bits per heavy atom. The summed E-state index contributed by atoms with van der Waals surface area (Å²) in [6.45, 7) is 1.13. The van der Waals surface area contributed by atoms with Gasteiger partial charge in [0.25, 0.3) is 0 Å². The predicted molar refractivity (Wildman–Crippen MR) is 54.2 cm³/mol. The summed E-state index contributed by atoms with van der Waals surface area (Å²) in [7, 11) is 0. The van der Waals surface area contributed by atoms with E-state index in [4.69, 9.17) is 5.11 Å². The smallest absolute Gasteiger partial charge is 0.304 e. The number of carboxylic acids is 1.